The van der Waals surface area contributed by atoms with Gasteiger partial charge < -0.3 is 9.47 Å². The fourth-order valence-electron chi connectivity index (χ4n) is 0.487. The molecule has 0 radical (unpaired) electrons. The summed E-state index contributed by atoms with van der Waals surface area (Å²) in [4.78, 5) is 31.8. The molecule has 0 aliphatic carbocycles. The molecule has 0 amide bonds. The number of carbonyl (C=O) groups excluding carboxylic acids is 3. The molecule has 0 fully saturated rings. The highest BCUT2D eigenvalue weighted by atomic mass is 16.5. The van der Waals surface area contributed by atoms with Gasteiger partial charge in [0.2, 0.25) is 0 Å². The number of rotatable bonds is 4. The first-order chi connectivity index (χ1) is 5.61. The molecule has 5 heteroatoms. The van der Waals surface area contributed by atoms with Gasteiger partial charge in [0.05, 0.1) is 13.7 Å². The minimum atomic E-state index is -0.997. The van der Waals surface area contributed by atoms with Crippen molar-refractivity contribution in [3.8, 4) is 0 Å². The monoisotopic (exact) mass is 174 g/mol. The van der Waals surface area contributed by atoms with Crippen LogP contribution in [0.1, 0.15) is 13.3 Å². The van der Waals surface area contributed by atoms with Gasteiger partial charge in [-0.15, -0.1) is 0 Å². The molecule has 0 saturated heterocycles. The molecule has 0 spiro atoms. The second-order valence-corrected chi connectivity index (χ2v) is 1.90. The Kier molecular flexibility index (Phi) is 4.67. The van der Waals surface area contributed by atoms with Gasteiger partial charge in [-0.3, -0.25) is 9.59 Å². The Morgan fingerprint density at radius 3 is 2.25 bits per heavy atom. The minimum absolute atomic E-state index is 0.117. The number of Topliss-reactive ketones (excluding diaryl/α,β-unsaturated/α-hetero) is 1. The SMILES string of the molecule is CCOC(=O)C(=O)CC(=O)OC. The van der Waals surface area contributed by atoms with Gasteiger partial charge in [0, 0.05) is 0 Å². The second kappa shape index (κ2) is 5.29. The van der Waals surface area contributed by atoms with Crippen LogP contribution in [-0.4, -0.2) is 31.4 Å². The summed E-state index contributed by atoms with van der Waals surface area (Å²) in [5.41, 5.74) is 0. The minimum Gasteiger partial charge on any atom is -0.469 e. The van der Waals surface area contributed by atoms with Crippen molar-refractivity contribution < 1.29 is 23.9 Å². The van der Waals surface area contributed by atoms with Crippen LogP contribution in [0.15, 0.2) is 0 Å². The maximum Gasteiger partial charge on any atom is 0.375 e. The fraction of sp³-hybridized carbons (Fsp3) is 0.571. The Morgan fingerprint density at radius 1 is 1.25 bits per heavy atom. The molecule has 0 heterocycles. The van der Waals surface area contributed by atoms with Gasteiger partial charge in [0.25, 0.3) is 5.78 Å². The topological polar surface area (TPSA) is 69.7 Å². The molecule has 0 aliphatic rings. The van der Waals surface area contributed by atoms with Gasteiger partial charge in [-0.1, -0.05) is 0 Å². The molecule has 5 nitrogen and oxygen atoms in total. The highest BCUT2D eigenvalue weighted by Gasteiger charge is 2.18. The number of esters is 2. The average molecular weight is 174 g/mol. The molecule has 0 N–H and O–H groups in total. The first-order valence-electron chi connectivity index (χ1n) is 3.38. The first-order valence-corrected chi connectivity index (χ1v) is 3.38. The molecule has 0 aromatic rings. The third-order valence-corrected chi connectivity index (χ3v) is 1.04. The lowest BCUT2D eigenvalue weighted by molar-refractivity contribution is -0.157. The third-order valence-electron chi connectivity index (χ3n) is 1.04. The van der Waals surface area contributed by atoms with Crippen molar-refractivity contribution >= 4 is 17.7 Å². The third kappa shape index (κ3) is 3.70. The molecular weight excluding hydrogens is 164 g/mol. The summed E-state index contributed by atoms with van der Waals surface area (Å²) in [5.74, 6) is -2.63. The maximum absolute atomic E-state index is 10.7. The molecule has 0 aromatic carbocycles. The highest BCUT2D eigenvalue weighted by Crippen LogP contribution is 1.90. The van der Waals surface area contributed by atoms with E-state index in [0.29, 0.717) is 0 Å². The van der Waals surface area contributed by atoms with E-state index in [4.69, 9.17) is 0 Å². The van der Waals surface area contributed by atoms with Crippen molar-refractivity contribution in [2.24, 2.45) is 0 Å². The number of hydrogen-bond donors (Lipinski definition) is 0. The highest BCUT2D eigenvalue weighted by molar-refractivity contribution is 6.36. The fourth-order valence-corrected chi connectivity index (χ4v) is 0.487. The van der Waals surface area contributed by atoms with Crippen LogP contribution in [-0.2, 0) is 23.9 Å². The standard InChI is InChI=1S/C7H10O5/c1-3-12-7(10)5(8)4-6(9)11-2/h3-4H2,1-2H3. The van der Waals surface area contributed by atoms with Crippen molar-refractivity contribution in [1.82, 2.24) is 0 Å². The zero-order chi connectivity index (χ0) is 9.56. The quantitative estimate of drug-likeness (QED) is 0.332. The molecule has 68 valence electrons. The van der Waals surface area contributed by atoms with Gasteiger partial charge in [0.1, 0.15) is 6.42 Å². The zero-order valence-corrected chi connectivity index (χ0v) is 6.96. The number of ketones is 1. The Hall–Kier alpha value is -1.39. The van der Waals surface area contributed by atoms with Gasteiger partial charge in [-0.05, 0) is 6.92 Å². The van der Waals surface area contributed by atoms with Crippen molar-refractivity contribution in [3.63, 3.8) is 0 Å². The molecule has 0 saturated carbocycles. The van der Waals surface area contributed by atoms with E-state index in [1.54, 1.807) is 6.92 Å². The van der Waals surface area contributed by atoms with Crippen molar-refractivity contribution in [2.75, 3.05) is 13.7 Å². The van der Waals surface area contributed by atoms with E-state index in [0.717, 1.165) is 7.11 Å². The lowest BCUT2D eigenvalue weighted by Crippen LogP contribution is -2.21. The van der Waals surface area contributed by atoms with Gasteiger partial charge in [-0.25, -0.2) is 4.79 Å². The van der Waals surface area contributed by atoms with E-state index in [9.17, 15) is 14.4 Å². The lowest BCUT2D eigenvalue weighted by Gasteiger charge is -1.98. The average Bonchev–Trinajstić information content (AvgIpc) is 2.04. The number of ether oxygens (including phenoxy) is 2. The Labute approximate surface area is 69.6 Å². The van der Waals surface area contributed by atoms with Gasteiger partial charge in [-0.2, -0.15) is 0 Å². The molecule has 0 rings (SSSR count). The predicted molar refractivity (Wildman–Crippen MR) is 38.3 cm³/mol. The molecule has 0 atom stereocenters. The summed E-state index contributed by atoms with van der Waals surface area (Å²) >= 11 is 0. The summed E-state index contributed by atoms with van der Waals surface area (Å²) in [6.45, 7) is 1.69. The molecule has 0 unspecified atom stereocenters. The molecule has 0 bridgehead atoms. The van der Waals surface area contributed by atoms with Crippen LogP contribution in [0.25, 0.3) is 0 Å². The van der Waals surface area contributed by atoms with E-state index in [1.807, 2.05) is 0 Å². The normalized spacial score (nSPS) is 8.83. The smallest absolute Gasteiger partial charge is 0.375 e. The summed E-state index contributed by atoms with van der Waals surface area (Å²) in [6.07, 6.45) is -0.560. The molecular formula is C7H10O5. The Balaban J connectivity index is 3.87. The van der Waals surface area contributed by atoms with Crippen LogP contribution in [0.3, 0.4) is 0 Å². The largest absolute Gasteiger partial charge is 0.469 e. The van der Waals surface area contributed by atoms with Crippen LogP contribution < -0.4 is 0 Å². The summed E-state index contributed by atoms with van der Waals surface area (Å²) < 4.78 is 8.53. The van der Waals surface area contributed by atoms with Crippen LogP contribution >= 0.6 is 0 Å². The predicted octanol–water partition coefficient (Wildman–Crippen LogP) is -0.318. The van der Waals surface area contributed by atoms with Crippen LogP contribution in [0.5, 0.6) is 0 Å². The van der Waals surface area contributed by atoms with E-state index >= 15 is 0 Å². The second-order valence-electron chi connectivity index (χ2n) is 1.90. The van der Waals surface area contributed by atoms with E-state index in [-0.39, 0.29) is 6.61 Å². The summed E-state index contributed by atoms with van der Waals surface area (Å²) in [6, 6.07) is 0. The molecule has 12 heavy (non-hydrogen) atoms. The van der Waals surface area contributed by atoms with Crippen LogP contribution in [0.4, 0.5) is 0 Å². The van der Waals surface area contributed by atoms with Crippen molar-refractivity contribution in [1.29, 1.82) is 0 Å². The van der Waals surface area contributed by atoms with Gasteiger partial charge in [0.15, 0.2) is 0 Å². The zero-order valence-electron chi connectivity index (χ0n) is 6.96. The molecule has 0 aromatic heterocycles. The van der Waals surface area contributed by atoms with E-state index < -0.39 is 24.1 Å². The summed E-state index contributed by atoms with van der Waals surface area (Å²) in [5, 5.41) is 0. The van der Waals surface area contributed by atoms with Gasteiger partial charge >= 0.3 is 11.9 Å². The number of carbonyl (C=O) groups is 3. The number of hydrogen-bond acceptors (Lipinski definition) is 5. The molecule has 0 aliphatic heterocycles. The van der Waals surface area contributed by atoms with Crippen LogP contribution in [0, 0.1) is 0 Å². The maximum atomic E-state index is 10.7. The lowest BCUT2D eigenvalue weighted by atomic mass is 10.3. The number of methoxy groups -OCH3 is 1. The summed E-state index contributed by atoms with van der Waals surface area (Å²) in [7, 11) is 1.14. The van der Waals surface area contributed by atoms with Crippen LogP contribution in [0.2, 0.25) is 0 Å². The Bertz CT molecular complexity index is 196. The van der Waals surface area contributed by atoms with Crippen molar-refractivity contribution in [2.45, 2.75) is 13.3 Å². The van der Waals surface area contributed by atoms with E-state index in [2.05, 4.69) is 9.47 Å². The Morgan fingerprint density at radius 2 is 1.83 bits per heavy atom. The van der Waals surface area contributed by atoms with E-state index in [1.165, 1.54) is 0 Å². The van der Waals surface area contributed by atoms with Crippen molar-refractivity contribution in [3.05, 3.63) is 0 Å². The first kappa shape index (κ1) is 10.6.